The third-order valence-electron chi connectivity index (χ3n) is 3.18. The zero-order chi connectivity index (χ0) is 14.8. The normalized spacial score (nSPS) is 16.6. The fourth-order valence-corrected chi connectivity index (χ4v) is 2.18. The minimum absolute atomic E-state index is 0.147. The number of amides is 1. The molecule has 0 bridgehead atoms. The highest BCUT2D eigenvalue weighted by Gasteiger charge is 2.28. The molecule has 7 heteroatoms. The molecule has 2 aromatic rings. The fourth-order valence-electron chi connectivity index (χ4n) is 2.18. The van der Waals surface area contributed by atoms with Crippen LogP contribution >= 0.6 is 0 Å². The lowest BCUT2D eigenvalue weighted by Gasteiger charge is -2.07. The van der Waals surface area contributed by atoms with Gasteiger partial charge in [0.1, 0.15) is 5.71 Å². The molecule has 7 nitrogen and oxygen atoms in total. The van der Waals surface area contributed by atoms with E-state index >= 15 is 0 Å². The summed E-state index contributed by atoms with van der Waals surface area (Å²) in [7, 11) is 0. The van der Waals surface area contributed by atoms with Crippen LogP contribution < -0.4 is 5.32 Å². The number of carboxylic acids is 1. The first-order chi connectivity index (χ1) is 10.1. The Morgan fingerprint density at radius 2 is 2.19 bits per heavy atom. The maximum Gasteiger partial charge on any atom is 0.328 e. The number of benzene rings is 1. The Labute approximate surface area is 119 Å². The van der Waals surface area contributed by atoms with Gasteiger partial charge in [0.25, 0.3) is 5.91 Å². The number of aliphatic carboxylic acids is 1. The molecule has 1 amide bonds. The Balaban J connectivity index is 1.94. The number of imidazole rings is 1. The summed E-state index contributed by atoms with van der Waals surface area (Å²) in [5.41, 5.74) is 2.07. The summed E-state index contributed by atoms with van der Waals surface area (Å²) in [6, 6.07) is 6.01. The number of carboxylic acid groups (broad SMARTS) is 1. The lowest BCUT2D eigenvalue weighted by Crippen LogP contribution is -2.25. The number of H-pyrrole nitrogens is 1. The number of para-hydroxylation sites is 1. The van der Waals surface area contributed by atoms with Crippen LogP contribution in [-0.2, 0) is 16.0 Å². The van der Waals surface area contributed by atoms with Crippen molar-refractivity contribution in [3.63, 3.8) is 0 Å². The average Bonchev–Trinajstić information content (AvgIpc) is 3.06. The van der Waals surface area contributed by atoms with Crippen molar-refractivity contribution in [2.45, 2.75) is 12.5 Å². The van der Waals surface area contributed by atoms with Crippen LogP contribution in [-0.4, -0.2) is 38.7 Å². The van der Waals surface area contributed by atoms with Gasteiger partial charge >= 0.3 is 5.97 Å². The Morgan fingerprint density at radius 1 is 1.38 bits per heavy atom. The molecule has 106 valence electrons. The van der Waals surface area contributed by atoms with Gasteiger partial charge in [0, 0.05) is 23.9 Å². The highest BCUT2D eigenvalue weighted by molar-refractivity contribution is 6.53. The second-order valence-corrected chi connectivity index (χ2v) is 4.61. The third kappa shape index (κ3) is 2.53. The van der Waals surface area contributed by atoms with Crippen molar-refractivity contribution >= 4 is 23.3 Å². The molecule has 1 aromatic carbocycles. The molecule has 1 aliphatic rings. The minimum atomic E-state index is -1.09. The molecule has 2 heterocycles. The van der Waals surface area contributed by atoms with Crippen molar-refractivity contribution in [2.75, 3.05) is 5.32 Å². The van der Waals surface area contributed by atoms with Crippen LogP contribution in [0, 0.1) is 0 Å². The van der Waals surface area contributed by atoms with Gasteiger partial charge in [-0.1, -0.05) is 18.2 Å². The smallest absolute Gasteiger partial charge is 0.328 e. The first-order valence-electron chi connectivity index (χ1n) is 6.34. The van der Waals surface area contributed by atoms with E-state index < -0.39 is 12.0 Å². The fraction of sp³-hybridized carbons (Fsp3) is 0.143. The number of anilines is 1. The number of aromatic amines is 1. The van der Waals surface area contributed by atoms with E-state index in [9.17, 15) is 14.7 Å². The molecule has 0 saturated heterocycles. The lowest BCUT2D eigenvalue weighted by atomic mass is 10.1. The zero-order valence-corrected chi connectivity index (χ0v) is 10.9. The van der Waals surface area contributed by atoms with Crippen molar-refractivity contribution < 1.29 is 14.7 Å². The van der Waals surface area contributed by atoms with Gasteiger partial charge in [0.15, 0.2) is 6.04 Å². The average molecular weight is 284 g/mol. The van der Waals surface area contributed by atoms with E-state index in [1.165, 1.54) is 6.33 Å². The zero-order valence-electron chi connectivity index (χ0n) is 10.9. The summed E-state index contributed by atoms with van der Waals surface area (Å²) in [6.07, 6.45) is 3.16. The number of aromatic nitrogens is 2. The van der Waals surface area contributed by atoms with Gasteiger partial charge in [0.2, 0.25) is 0 Å². The number of rotatable bonds is 4. The maximum absolute atomic E-state index is 11.9. The minimum Gasteiger partial charge on any atom is -0.480 e. The summed E-state index contributed by atoms with van der Waals surface area (Å²) in [5.74, 6) is -1.47. The number of aliphatic imine (C=N–C) groups is 1. The monoisotopic (exact) mass is 284 g/mol. The van der Waals surface area contributed by atoms with Crippen LogP contribution in [0.3, 0.4) is 0 Å². The van der Waals surface area contributed by atoms with Gasteiger partial charge in [-0.3, -0.25) is 9.79 Å². The number of hydrogen-bond donors (Lipinski definition) is 3. The lowest BCUT2D eigenvalue weighted by molar-refractivity contribution is -0.138. The molecule has 1 atom stereocenters. The van der Waals surface area contributed by atoms with Crippen LogP contribution in [0.1, 0.15) is 11.3 Å². The van der Waals surface area contributed by atoms with E-state index in [1.807, 2.05) is 0 Å². The van der Waals surface area contributed by atoms with E-state index in [1.54, 1.807) is 30.5 Å². The largest absolute Gasteiger partial charge is 0.480 e. The Hall–Kier alpha value is -2.96. The highest BCUT2D eigenvalue weighted by Crippen LogP contribution is 2.23. The maximum atomic E-state index is 11.9. The second kappa shape index (κ2) is 5.20. The topological polar surface area (TPSA) is 107 Å². The SMILES string of the molecule is O=C1Nc2ccccc2C1=N[C@@H](Cc1cnc[nH]1)C(=O)O. The number of hydrogen-bond acceptors (Lipinski definition) is 4. The molecule has 3 rings (SSSR count). The molecule has 0 radical (unpaired) electrons. The van der Waals surface area contributed by atoms with Crippen LogP contribution in [0.25, 0.3) is 0 Å². The molecular formula is C14H12N4O3. The van der Waals surface area contributed by atoms with Gasteiger partial charge in [-0.15, -0.1) is 0 Å². The number of carbonyl (C=O) groups is 2. The second-order valence-electron chi connectivity index (χ2n) is 4.61. The summed E-state index contributed by atoms with van der Waals surface area (Å²) < 4.78 is 0. The van der Waals surface area contributed by atoms with Gasteiger partial charge in [-0.2, -0.15) is 0 Å². The van der Waals surface area contributed by atoms with Crippen molar-refractivity contribution in [1.29, 1.82) is 0 Å². The van der Waals surface area contributed by atoms with E-state index in [0.29, 0.717) is 16.9 Å². The molecule has 0 fully saturated rings. The summed E-state index contributed by atoms with van der Waals surface area (Å²) in [4.78, 5) is 34.1. The Morgan fingerprint density at radius 3 is 2.90 bits per heavy atom. The molecule has 3 N–H and O–H groups in total. The first-order valence-corrected chi connectivity index (χ1v) is 6.34. The van der Waals surface area contributed by atoms with Crippen molar-refractivity contribution in [2.24, 2.45) is 4.99 Å². The summed E-state index contributed by atoms with van der Waals surface area (Å²) in [5, 5.41) is 12.0. The van der Waals surface area contributed by atoms with E-state index in [-0.39, 0.29) is 18.0 Å². The van der Waals surface area contributed by atoms with Gasteiger partial charge < -0.3 is 15.4 Å². The Bertz CT molecular complexity index is 722. The predicted octanol–water partition coefficient (Wildman–Crippen LogP) is 0.847. The summed E-state index contributed by atoms with van der Waals surface area (Å²) in [6.45, 7) is 0. The first kappa shape index (κ1) is 13.0. The molecule has 1 aliphatic heterocycles. The van der Waals surface area contributed by atoms with Crippen molar-refractivity contribution in [1.82, 2.24) is 9.97 Å². The highest BCUT2D eigenvalue weighted by atomic mass is 16.4. The van der Waals surface area contributed by atoms with Crippen molar-refractivity contribution in [3.05, 3.63) is 48.0 Å². The third-order valence-corrected chi connectivity index (χ3v) is 3.18. The molecule has 0 unspecified atom stereocenters. The van der Waals surface area contributed by atoms with E-state index in [0.717, 1.165) is 0 Å². The van der Waals surface area contributed by atoms with E-state index in [2.05, 4.69) is 20.3 Å². The van der Waals surface area contributed by atoms with Crippen LogP contribution in [0.2, 0.25) is 0 Å². The van der Waals surface area contributed by atoms with Crippen LogP contribution in [0.5, 0.6) is 0 Å². The van der Waals surface area contributed by atoms with Gasteiger partial charge in [-0.05, 0) is 6.07 Å². The standard InChI is InChI=1S/C14H12N4O3/c19-13-12(9-3-1-2-4-10(9)18-13)17-11(14(20)21)5-8-6-15-7-16-8/h1-4,6-7,11H,5H2,(H,15,16)(H,20,21)(H,17,18,19)/t11-/m0/s1. The number of fused-ring (bicyclic) bond motifs is 1. The van der Waals surface area contributed by atoms with Crippen LogP contribution in [0.4, 0.5) is 5.69 Å². The molecule has 21 heavy (non-hydrogen) atoms. The Kier molecular flexibility index (Phi) is 3.23. The number of nitrogens with one attached hydrogen (secondary N) is 2. The van der Waals surface area contributed by atoms with Crippen LogP contribution in [0.15, 0.2) is 41.8 Å². The molecule has 0 aliphatic carbocycles. The molecule has 0 spiro atoms. The number of carbonyl (C=O) groups excluding carboxylic acids is 1. The summed E-state index contributed by atoms with van der Waals surface area (Å²) >= 11 is 0. The predicted molar refractivity (Wildman–Crippen MR) is 75.3 cm³/mol. The molecule has 0 saturated carbocycles. The molecule has 1 aromatic heterocycles. The van der Waals surface area contributed by atoms with Crippen molar-refractivity contribution in [3.8, 4) is 0 Å². The quantitative estimate of drug-likeness (QED) is 0.773. The molecular weight excluding hydrogens is 272 g/mol. The number of nitrogens with zero attached hydrogens (tertiary/aromatic N) is 2. The van der Waals surface area contributed by atoms with Gasteiger partial charge in [0.05, 0.1) is 12.0 Å². The van der Waals surface area contributed by atoms with E-state index in [4.69, 9.17) is 0 Å². The van der Waals surface area contributed by atoms with Gasteiger partial charge in [-0.25, -0.2) is 9.78 Å².